The average Bonchev–Trinajstić information content (AvgIpc) is 3.18. The van der Waals surface area contributed by atoms with Gasteiger partial charge in [0.1, 0.15) is 5.01 Å². The van der Waals surface area contributed by atoms with E-state index in [4.69, 9.17) is 0 Å². The normalized spacial score (nSPS) is 20.1. The van der Waals surface area contributed by atoms with E-state index in [2.05, 4.69) is 25.5 Å². The molecular weight excluding hydrogens is 526 g/mol. The summed E-state index contributed by atoms with van der Waals surface area (Å²) < 4.78 is 38.1. The number of guanidine groups is 1. The van der Waals surface area contributed by atoms with Gasteiger partial charge in [0.2, 0.25) is 0 Å². The number of aromatic nitrogens is 1. The number of nitrogens with zero attached hydrogens (tertiary/aromatic N) is 3. The van der Waals surface area contributed by atoms with Crippen LogP contribution >= 0.6 is 35.3 Å². The molecule has 1 aliphatic heterocycles. The van der Waals surface area contributed by atoms with Crippen LogP contribution in [-0.2, 0) is 12.7 Å². The van der Waals surface area contributed by atoms with Gasteiger partial charge in [-0.1, -0.05) is 19.3 Å². The monoisotopic (exact) mass is 559 g/mol. The Morgan fingerprint density at radius 2 is 1.90 bits per heavy atom. The van der Waals surface area contributed by atoms with Crippen molar-refractivity contribution >= 4 is 41.3 Å². The maximum absolute atomic E-state index is 12.7. The van der Waals surface area contributed by atoms with Crippen molar-refractivity contribution in [3.8, 4) is 0 Å². The lowest BCUT2D eigenvalue weighted by atomic mass is 9.88. The van der Waals surface area contributed by atoms with Crippen molar-refractivity contribution in [2.24, 2.45) is 10.9 Å². The molecule has 0 amide bonds. The maximum Gasteiger partial charge on any atom is 0.434 e. The first-order chi connectivity index (χ1) is 13.9. The molecule has 1 aliphatic carbocycles. The van der Waals surface area contributed by atoms with Crippen LogP contribution in [0.1, 0.15) is 62.6 Å². The van der Waals surface area contributed by atoms with Crippen LogP contribution in [0.2, 0.25) is 0 Å². The van der Waals surface area contributed by atoms with Crippen molar-refractivity contribution in [1.82, 2.24) is 20.5 Å². The Bertz CT molecular complexity index is 653. The zero-order valence-corrected chi connectivity index (χ0v) is 20.7. The van der Waals surface area contributed by atoms with Gasteiger partial charge in [0.15, 0.2) is 11.7 Å². The predicted octanol–water partition coefficient (Wildman–Crippen LogP) is 4.88. The largest absolute Gasteiger partial charge is 0.434 e. The van der Waals surface area contributed by atoms with Crippen molar-refractivity contribution in [3.05, 3.63) is 16.1 Å². The summed E-state index contributed by atoms with van der Waals surface area (Å²) >= 11 is 0.999. The summed E-state index contributed by atoms with van der Waals surface area (Å²) in [5, 5.41) is 8.07. The van der Waals surface area contributed by atoms with Crippen molar-refractivity contribution in [1.29, 1.82) is 0 Å². The molecule has 0 atom stereocenters. The molecule has 10 heteroatoms. The summed E-state index contributed by atoms with van der Waals surface area (Å²) in [5.74, 6) is 1.52. The zero-order valence-electron chi connectivity index (χ0n) is 17.5. The van der Waals surface area contributed by atoms with Gasteiger partial charge in [0.25, 0.3) is 0 Å². The summed E-state index contributed by atoms with van der Waals surface area (Å²) in [7, 11) is 0. The van der Waals surface area contributed by atoms with Crippen molar-refractivity contribution in [2.45, 2.75) is 70.6 Å². The Balaban J connectivity index is 0.00000320. The number of alkyl halides is 3. The number of nitrogens with one attached hydrogen (secondary N) is 2. The number of likely N-dealkylation sites (tertiary alicyclic amines) is 1. The van der Waals surface area contributed by atoms with Crippen LogP contribution in [0.15, 0.2) is 10.4 Å². The minimum absolute atomic E-state index is 0. The lowest BCUT2D eigenvalue weighted by Crippen LogP contribution is -2.49. The first-order valence-corrected chi connectivity index (χ1v) is 11.6. The fraction of sp³-hybridized carbons (Fsp3) is 0.800. The van der Waals surface area contributed by atoms with Crippen molar-refractivity contribution < 1.29 is 13.2 Å². The Labute approximate surface area is 198 Å². The fourth-order valence-electron chi connectivity index (χ4n) is 4.17. The van der Waals surface area contributed by atoms with Gasteiger partial charge in [-0.3, -0.25) is 0 Å². The molecule has 1 aromatic heterocycles. The quantitative estimate of drug-likeness (QED) is 0.297. The van der Waals surface area contributed by atoms with Gasteiger partial charge in [0, 0.05) is 37.6 Å². The van der Waals surface area contributed by atoms with Gasteiger partial charge in [-0.15, -0.1) is 35.3 Å². The van der Waals surface area contributed by atoms with Crippen molar-refractivity contribution in [2.75, 3.05) is 26.2 Å². The van der Waals surface area contributed by atoms with E-state index >= 15 is 0 Å². The Hall–Kier alpha value is -0.620. The highest BCUT2D eigenvalue weighted by atomic mass is 127. The second-order valence-corrected chi connectivity index (χ2v) is 8.99. The molecule has 2 aliphatic rings. The standard InChI is InChI=1S/C20H32F3N5S.HI/c1-2-24-19(25-12-18-27-17(14-29-18)20(21,22)23)26-16-8-10-28(11-9-16)13-15-6-4-3-5-7-15;/h14-16H,2-13H2,1H3,(H2,24,25,26);1H. The molecule has 30 heavy (non-hydrogen) atoms. The highest BCUT2D eigenvalue weighted by molar-refractivity contribution is 14.0. The van der Waals surface area contributed by atoms with Gasteiger partial charge in [-0.2, -0.15) is 13.2 Å². The molecule has 2 N–H and O–H groups in total. The second kappa shape index (κ2) is 12.4. The highest BCUT2D eigenvalue weighted by Crippen LogP contribution is 2.30. The number of aliphatic imine (C=N–C) groups is 1. The summed E-state index contributed by atoms with van der Waals surface area (Å²) in [5.41, 5.74) is -0.837. The average molecular weight is 559 g/mol. The van der Waals surface area contributed by atoms with Crippen LogP contribution in [0.5, 0.6) is 0 Å². The summed E-state index contributed by atoms with van der Waals surface area (Å²) in [6.07, 6.45) is 4.65. The second-order valence-electron chi connectivity index (χ2n) is 8.04. The number of thiazole rings is 1. The first-order valence-electron chi connectivity index (χ1n) is 10.7. The van der Waals surface area contributed by atoms with Crippen LogP contribution in [0.3, 0.4) is 0 Å². The van der Waals surface area contributed by atoms with Gasteiger partial charge in [-0.25, -0.2) is 9.98 Å². The summed E-state index contributed by atoms with van der Waals surface area (Å²) in [4.78, 5) is 10.7. The predicted molar refractivity (Wildman–Crippen MR) is 127 cm³/mol. The van der Waals surface area contributed by atoms with Crippen LogP contribution in [0.4, 0.5) is 13.2 Å². The third-order valence-corrected chi connectivity index (χ3v) is 6.56. The topological polar surface area (TPSA) is 52.6 Å². The molecule has 5 nitrogen and oxygen atoms in total. The smallest absolute Gasteiger partial charge is 0.357 e. The van der Waals surface area contributed by atoms with Gasteiger partial charge >= 0.3 is 6.18 Å². The molecule has 0 bridgehead atoms. The molecule has 1 saturated heterocycles. The van der Waals surface area contributed by atoms with Gasteiger partial charge < -0.3 is 15.5 Å². The molecule has 2 heterocycles. The number of hydrogen-bond acceptors (Lipinski definition) is 4. The summed E-state index contributed by atoms with van der Waals surface area (Å²) in [6, 6.07) is 0.345. The molecule has 1 aromatic rings. The number of hydrogen-bond donors (Lipinski definition) is 2. The summed E-state index contributed by atoms with van der Waals surface area (Å²) in [6.45, 7) is 6.25. The van der Waals surface area contributed by atoms with E-state index in [1.165, 1.54) is 38.6 Å². The lowest BCUT2D eigenvalue weighted by molar-refractivity contribution is -0.140. The Morgan fingerprint density at radius 3 is 2.50 bits per heavy atom. The molecule has 0 unspecified atom stereocenters. The van der Waals surface area contributed by atoms with E-state index in [-0.39, 0.29) is 30.5 Å². The number of piperidine rings is 1. The number of halogens is 4. The minimum atomic E-state index is -4.40. The van der Waals surface area contributed by atoms with Gasteiger partial charge in [0.05, 0.1) is 6.54 Å². The van der Waals surface area contributed by atoms with Gasteiger partial charge in [-0.05, 0) is 38.5 Å². The fourth-order valence-corrected chi connectivity index (χ4v) is 4.89. The number of rotatable bonds is 6. The van der Waals surface area contributed by atoms with Crippen LogP contribution in [0, 0.1) is 5.92 Å². The van der Waals surface area contributed by atoms with E-state index < -0.39 is 11.9 Å². The lowest BCUT2D eigenvalue weighted by Gasteiger charge is -2.36. The molecular formula is C20H33F3IN5S. The van der Waals surface area contributed by atoms with Crippen LogP contribution in [0.25, 0.3) is 0 Å². The molecule has 172 valence electrons. The van der Waals surface area contributed by atoms with E-state index in [9.17, 15) is 13.2 Å². The third-order valence-electron chi connectivity index (χ3n) is 5.73. The van der Waals surface area contributed by atoms with Crippen molar-refractivity contribution in [3.63, 3.8) is 0 Å². The molecule has 2 fully saturated rings. The Kier molecular flexibility index (Phi) is 10.6. The zero-order chi connectivity index (χ0) is 20.7. The van der Waals surface area contributed by atoms with E-state index in [0.29, 0.717) is 23.6 Å². The van der Waals surface area contributed by atoms with E-state index in [1.807, 2.05) is 6.92 Å². The van der Waals surface area contributed by atoms with E-state index in [1.54, 1.807) is 0 Å². The van der Waals surface area contributed by atoms with E-state index in [0.717, 1.165) is 48.6 Å². The third kappa shape index (κ3) is 8.14. The van der Waals surface area contributed by atoms with Crippen LogP contribution in [-0.4, -0.2) is 48.1 Å². The molecule has 0 aromatic carbocycles. The molecule has 0 spiro atoms. The SMILES string of the molecule is CCNC(=NCc1nc(C(F)(F)F)cs1)NC1CCN(CC2CCCCC2)CC1.I. The highest BCUT2D eigenvalue weighted by Gasteiger charge is 2.33. The Morgan fingerprint density at radius 1 is 1.20 bits per heavy atom. The molecule has 1 saturated carbocycles. The molecule has 3 rings (SSSR count). The maximum atomic E-state index is 12.7. The molecule has 0 radical (unpaired) electrons. The first kappa shape index (κ1) is 25.6. The van der Waals surface area contributed by atoms with Crippen LogP contribution < -0.4 is 10.6 Å². The minimum Gasteiger partial charge on any atom is -0.357 e.